The molecule has 0 aliphatic heterocycles. The Kier molecular flexibility index (Phi) is 9.98. The first-order chi connectivity index (χ1) is 10.3. The minimum Gasteiger partial charge on any atom is -0.493 e. The average Bonchev–Trinajstić information content (AvgIpc) is 2.53. The van der Waals surface area contributed by atoms with Gasteiger partial charge in [0.25, 0.3) is 0 Å². The third-order valence-electron chi connectivity index (χ3n) is 3.91. The van der Waals surface area contributed by atoms with E-state index in [1.807, 2.05) is 6.92 Å². The van der Waals surface area contributed by atoms with E-state index in [4.69, 9.17) is 9.47 Å². The van der Waals surface area contributed by atoms with Crippen molar-refractivity contribution < 1.29 is 9.47 Å². The summed E-state index contributed by atoms with van der Waals surface area (Å²) in [5.41, 5.74) is 1.36. The molecule has 1 atom stereocenters. The standard InChI is InChI=1S/C19H32O2/c1-4-7-9-17(5-2)16-21-19-13-11-18(12-14-19)10-8-15-20-6-3/h11-14,17H,4-10,15-16H2,1-3H3. The van der Waals surface area contributed by atoms with Crippen molar-refractivity contribution >= 4 is 0 Å². The monoisotopic (exact) mass is 292 g/mol. The van der Waals surface area contributed by atoms with Gasteiger partial charge in [-0.2, -0.15) is 0 Å². The van der Waals surface area contributed by atoms with Crippen molar-refractivity contribution in [2.75, 3.05) is 19.8 Å². The van der Waals surface area contributed by atoms with Gasteiger partial charge in [0.1, 0.15) is 5.75 Å². The van der Waals surface area contributed by atoms with Crippen LogP contribution in [0.2, 0.25) is 0 Å². The maximum atomic E-state index is 5.93. The van der Waals surface area contributed by atoms with Crippen molar-refractivity contribution in [3.63, 3.8) is 0 Å². The Bertz CT molecular complexity index is 345. The Labute approximate surface area is 130 Å². The summed E-state index contributed by atoms with van der Waals surface area (Å²) in [5.74, 6) is 1.69. The van der Waals surface area contributed by atoms with Crippen molar-refractivity contribution in [2.45, 2.75) is 59.3 Å². The molecule has 0 saturated carbocycles. The van der Waals surface area contributed by atoms with Crippen molar-refractivity contribution in [2.24, 2.45) is 5.92 Å². The molecule has 2 nitrogen and oxygen atoms in total. The molecule has 0 fully saturated rings. The van der Waals surface area contributed by atoms with Gasteiger partial charge in [-0.25, -0.2) is 0 Å². The van der Waals surface area contributed by atoms with Crippen LogP contribution in [-0.4, -0.2) is 19.8 Å². The van der Waals surface area contributed by atoms with Gasteiger partial charge in [0, 0.05) is 13.2 Å². The van der Waals surface area contributed by atoms with Crippen LogP contribution in [0.5, 0.6) is 5.75 Å². The minimum atomic E-state index is 0.691. The topological polar surface area (TPSA) is 18.5 Å². The van der Waals surface area contributed by atoms with Gasteiger partial charge in [-0.3, -0.25) is 0 Å². The third-order valence-corrected chi connectivity index (χ3v) is 3.91. The Morgan fingerprint density at radius 3 is 2.38 bits per heavy atom. The molecule has 0 aliphatic carbocycles. The smallest absolute Gasteiger partial charge is 0.119 e. The Hall–Kier alpha value is -1.02. The zero-order valence-corrected chi connectivity index (χ0v) is 14.1. The highest BCUT2D eigenvalue weighted by Crippen LogP contribution is 2.17. The summed E-state index contributed by atoms with van der Waals surface area (Å²) in [5, 5.41) is 0. The lowest BCUT2D eigenvalue weighted by Gasteiger charge is -2.15. The number of unbranched alkanes of at least 4 members (excludes halogenated alkanes) is 1. The van der Waals surface area contributed by atoms with Crippen LogP contribution in [0.3, 0.4) is 0 Å². The second-order valence-corrected chi connectivity index (χ2v) is 5.67. The van der Waals surface area contributed by atoms with Crippen LogP contribution in [0.1, 0.15) is 58.4 Å². The van der Waals surface area contributed by atoms with Crippen molar-refractivity contribution in [1.82, 2.24) is 0 Å². The highest BCUT2D eigenvalue weighted by molar-refractivity contribution is 5.27. The highest BCUT2D eigenvalue weighted by atomic mass is 16.5. The Morgan fingerprint density at radius 1 is 1.00 bits per heavy atom. The molecule has 1 rings (SSSR count). The lowest BCUT2D eigenvalue weighted by Crippen LogP contribution is -2.11. The highest BCUT2D eigenvalue weighted by Gasteiger charge is 2.06. The van der Waals surface area contributed by atoms with E-state index in [-0.39, 0.29) is 0 Å². The predicted octanol–water partition coefficient (Wildman–Crippen LogP) is 5.25. The summed E-state index contributed by atoms with van der Waals surface area (Å²) >= 11 is 0. The van der Waals surface area contributed by atoms with E-state index in [9.17, 15) is 0 Å². The van der Waals surface area contributed by atoms with Gasteiger partial charge < -0.3 is 9.47 Å². The van der Waals surface area contributed by atoms with Gasteiger partial charge in [0.2, 0.25) is 0 Å². The first-order valence-corrected chi connectivity index (χ1v) is 8.59. The average molecular weight is 292 g/mol. The van der Waals surface area contributed by atoms with E-state index in [2.05, 4.69) is 38.1 Å². The number of benzene rings is 1. The van der Waals surface area contributed by atoms with E-state index < -0.39 is 0 Å². The summed E-state index contributed by atoms with van der Waals surface area (Å²) in [6.45, 7) is 9.05. The van der Waals surface area contributed by atoms with Gasteiger partial charge in [-0.15, -0.1) is 0 Å². The SMILES string of the molecule is CCCCC(CC)COc1ccc(CCCOCC)cc1. The lowest BCUT2D eigenvalue weighted by atomic mass is 10.0. The maximum Gasteiger partial charge on any atom is 0.119 e. The molecule has 1 aromatic carbocycles. The molecule has 0 N–H and O–H groups in total. The van der Waals surface area contributed by atoms with Crippen LogP contribution >= 0.6 is 0 Å². The van der Waals surface area contributed by atoms with Crippen LogP contribution in [0.4, 0.5) is 0 Å². The summed E-state index contributed by atoms with van der Waals surface area (Å²) in [6, 6.07) is 8.55. The minimum absolute atomic E-state index is 0.691. The van der Waals surface area contributed by atoms with Gasteiger partial charge in [0.05, 0.1) is 6.61 Å². The van der Waals surface area contributed by atoms with Crippen LogP contribution in [-0.2, 0) is 11.2 Å². The molecule has 0 radical (unpaired) electrons. The second kappa shape index (κ2) is 11.6. The van der Waals surface area contributed by atoms with E-state index in [0.29, 0.717) is 5.92 Å². The molecule has 0 aliphatic rings. The number of hydrogen-bond acceptors (Lipinski definition) is 2. The van der Waals surface area contributed by atoms with Crippen molar-refractivity contribution in [3.8, 4) is 5.75 Å². The molecule has 0 spiro atoms. The molecule has 2 heteroatoms. The number of hydrogen-bond donors (Lipinski definition) is 0. The molecule has 1 aromatic rings. The summed E-state index contributed by atoms with van der Waals surface area (Å²) in [7, 11) is 0. The Morgan fingerprint density at radius 2 is 1.76 bits per heavy atom. The summed E-state index contributed by atoms with van der Waals surface area (Å²) in [4.78, 5) is 0. The Balaban J connectivity index is 2.29. The van der Waals surface area contributed by atoms with E-state index >= 15 is 0 Å². The van der Waals surface area contributed by atoms with Crippen molar-refractivity contribution in [3.05, 3.63) is 29.8 Å². The first-order valence-electron chi connectivity index (χ1n) is 8.59. The van der Waals surface area contributed by atoms with Crippen molar-refractivity contribution in [1.29, 1.82) is 0 Å². The van der Waals surface area contributed by atoms with Crippen LogP contribution in [0.25, 0.3) is 0 Å². The second-order valence-electron chi connectivity index (χ2n) is 5.67. The van der Waals surface area contributed by atoms with Crippen LogP contribution < -0.4 is 4.74 Å². The number of rotatable bonds is 12. The first kappa shape index (κ1) is 18.0. The molecular weight excluding hydrogens is 260 g/mol. The fourth-order valence-electron chi connectivity index (χ4n) is 2.39. The molecule has 0 bridgehead atoms. The van der Waals surface area contributed by atoms with Gasteiger partial charge in [-0.05, 0) is 49.8 Å². The molecule has 0 amide bonds. The van der Waals surface area contributed by atoms with Crippen LogP contribution in [0, 0.1) is 5.92 Å². The van der Waals surface area contributed by atoms with Crippen LogP contribution in [0.15, 0.2) is 24.3 Å². The summed E-state index contributed by atoms with van der Waals surface area (Å²) < 4.78 is 11.3. The lowest BCUT2D eigenvalue weighted by molar-refractivity contribution is 0.145. The predicted molar refractivity (Wildman–Crippen MR) is 90.1 cm³/mol. The normalized spacial score (nSPS) is 12.3. The van der Waals surface area contributed by atoms with E-state index in [0.717, 1.165) is 38.4 Å². The van der Waals surface area contributed by atoms with Gasteiger partial charge >= 0.3 is 0 Å². The molecule has 120 valence electrons. The van der Waals surface area contributed by atoms with E-state index in [1.54, 1.807) is 0 Å². The number of aryl methyl sites for hydroxylation is 1. The molecular formula is C19H32O2. The molecule has 0 heterocycles. The number of ether oxygens (including phenoxy) is 2. The van der Waals surface area contributed by atoms with Gasteiger partial charge in [0.15, 0.2) is 0 Å². The molecule has 1 unspecified atom stereocenters. The third kappa shape index (κ3) is 8.11. The van der Waals surface area contributed by atoms with Gasteiger partial charge in [-0.1, -0.05) is 45.2 Å². The zero-order valence-electron chi connectivity index (χ0n) is 14.1. The summed E-state index contributed by atoms with van der Waals surface area (Å²) in [6.07, 6.45) is 7.23. The maximum absolute atomic E-state index is 5.93. The van der Waals surface area contributed by atoms with E-state index in [1.165, 1.54) is 31.2 Å². The quantitative estimate of drug-likeness (QED) is 0.490. The molecule has 0 aromatic heterocycles. The zero-order chi connectivity index (χ0) is 15.3. The molecule has 21 heavy (non-hydrogen) atoms. The molecule has 0 saturated heterocycles. The fourth-order valence-corrected chi connectivity index (χ4v) is 2.39. The largest absolute Gasteiger partial charge is 0.493 e. The fraction of sp³-hybridized carbons (Fsp3) is 0.684.